The molecule has 1 N–H and O–H groups in total. The van der Waals surface area contributed by atoms with Crippen molar-refractivity contribution < 1.29 is 9.52 Å². The maximum atomic E-state index is 10.2. The lowest BCUT2D eigenvalue weighted by atomic mass is 10.1. The fraction of sp³-hybridized carbons (Fsp3) is 0.462. The van der Waals surface area contributed by atoms with E-state index in [0.717, 1.165) is 28.8 Å². The molecule has 6 heteroatoms. The Hall–Kier alpha value is -0.590. The molecule has 4 nitrogen and oxygen atoms in total. The lowest BCUT2D eigenvalue weighted by Crippen LogP contribution is -2.08. The first-order valence-corrected chi connectivity index (χ1v) is 7.82. The van der Waals surface area contributed by atoms with E-state index in [9.17, 15) is 5.11 Å². The highest BCUT2D eigenvalue weighted by atomic mass is 79.9. The van der Waals surface area contributed by atoms with Gasteiger partial charge in [-0.1, -0.05) is 6.92 Å². The van der Waals surface area contributed by atoms with Gasteiger partial charge in [0, 0.05) is 13.0 Å². The molecule has 2 aromatic rings. The summed E-state index contributed by atoms with van der Waals surface area (Å²) in [6.45, 7) is 4.89. The van der Waals surface area contributed by atoms with Crippen LogP contribution < -0.4 is 0 Å². The molecule has 0 aromatic carbocycles. The highest BCUT2D eigenvalue weighted by Crippen LogP contribution is 2.28. The van der Waals surface area contributed by atoms with Gasteiger partial charge in [0.25, 0.3) is 0 Å². The zero-order valence-corrected chi connectivity index (χ0v) is 14.0. The largest absolute Gasteiger partial charge is 0.452 e. The summed E-state index contributed by atoms with van der Waals surface area (Å²) in [4.78, 5) is 0. The van der Waals surface area contributed by atoms with Crippen LogP contribution in [-0.2, 0) is 19.4 Å². The van der Waals surface area contributed by atoms with Crippen LogP contribution in [0.25, 0.3) is 0 Å². The molecule has 2 heterocycles. The number of nitrogens with zero attached hydrogens (tertiary/aromatic N) is 2. The average molecular weight is 392 g/mol. The summed E-state index contributed by atoms with van der Waals surface area (Å²) in [5, 5.41) is 14.8. The summed E-state index contributed by atoms with van der Waals surface area (Å²) in [6, 6.07) is 3.55. The predicted octanol–water partition coefficient (Wildman–Crippen LogP) is 3.86. The van der Waals surface area contributed by atoms with Crippen molar-refractivity contribution in [3.63, 3.8) is 0 Å². The molecule has 2 aromatic heterocycles. The monoisotopic (exact) mass is 390 g/mol. The quantitative estimate of drug-likeness (QED) is 0.841. The van der Waals surface area contributed by atoms with E-state index in [0.29, 0.717) is 16.9 Å². The summed E-state index contributed by atoms with van der Waals surface area (Å²) < 4.78 is 8.92. The Kier molecular flexibility index (Phi) is 4.86. The van der Waals surface area contributed by atoms with E-state index < -0.39 is 6.10 Å². The van der Waals surface area contributed by atoms with Crippen LogP contribution >= 0.6 is 31.9 Å². The van der Waals surface area contributed by atoms with Crippen LogP contribution in [0.1, 0.15) is 37.1 Å². The number of rotatable bonds is 5. The van der Waals surface area contributed by atoms with Crippen molar-refractivity contribution in [1.29, 1.82) is 0 Å². The molecule has 1 unspecified atom stereocenters. The summed E-state index contributed by atoms with van der Waals surface area (Å²) in [6.07, 6.45) is 0.666. The van der Waals surface area contributed by atoms with Crippen molar-refractivity contribution in [3.8, 4) is 0 Å². The lowest BCUT2D eigenvalue weighted by molar-refractivity contribution is 0.146. The molecule has 0 saturated heterocycles. The van der Waals surface area contributed by atoms with Crippen molar-refractivity contribution in [3.05, 3.63) is 38.4 Å². The Morgan fingerprint density at radius 3 is 2.63 bits per heavy atom. The molecular formula is C13H16Br2N2O2. The molecule has 0 saturated carbocycles. The van der Waals surface area contributed by atoms with Crippen molar-refractivity contribution in [1.82, 2.24) is 9.78 Å². The van der Waals surface area contributed by atoms with Gasteiger partial charge in [-0.3, -0.25) is 4.68 Å². The van der Waals surface area contributed by atoms with E-state index in [2.05, 4.69) is 43.9 Å². The van der Waals surface area contributed by atoms with Crippen LogP contribution in [0.3, 0.4) is 0 Å². The van der Waals surface area contributed by atoms with Crippen molar-refractivity contribution in [2.45, 2.75) is 39.3 Å². The Balaban J connectivity index is 2.25. The van der Waals surface area contributed by atoms with Gasteiger partial charge in [-0.2, -0.15) is 5.10 Å². The summed E-state index contributed by atoms with van der Waals surface area (Å²) in [7, 11) is 0. The number of aliphatic hydroxyl groups excluding tert-OH is 1. The minimum Gasteiger partial charge on any atom is -0.452 e. The molecule has 0 aliphatic rings. The maximum absolute atomic E-state index is 10.2. The molecule has 2 rings (SSSR count). The minimum absolute atomic E-state index is 0.474. The molecule has 0 spiro atoms. The molecule has 104 valence electrons. The normalized spacial score (nSPS) is 12.9. The number of aliphatic hydroxyl groups is 1. The predicted molar refractivity (Wildman–Crippen MR) is 80.1 cm³/mol. The van der Waals surface area contributed by atoms with Crippen LogP contribution in [0.15, 0.2) is 25.7 Å². The fourth-order valence-electron chi connectivity index (χ4n) is 2.00. The van der Waals surface area contributed by atoms with Crippen molar-refractivity contribution >= 4 is 31.9 Å². The zero-order chi connectivity index (χ0) is 14.0. The van der Waals surface area contributed by atoms with Gasteiger partial charge in [0.2, 0.25) is 0 Å². The van der Waals surface area contributed by atoms with Gasteiger partial charge in [-0.05, 0) is 57.3 Å². The van der Waals surface area contributed by atoms with Gasteiger partial charge >= 0.3 is 0 Å². The lowest BCUT2D eigenvalue weighted by Gasteiger charge is -2.10. The van der Waals surface area contributed by atoms with E-state index in [1.54, 1.807) is 12.1 Å². The second-order valence-electron chi connectivity index (χ2n) is 4.24. The van der Waals surface area contributed by atoms with E-state index in [1.165, 1.54) is 0 Å². The molecule has 0 aliphatic heterocycles. The van der Waals surface area contributed by atoms with Gasteiger partial charge < -0.3 is 9.52 Å². The number of hydrogen-bond donors (Lipinski definition) is 1. The second-order valence-corrected chi connectivity index (χ2v) is 5.81. The average Bonchev–Trinajstić information content (AvgIpc) is 2.95. The molecule has 0 aliphatic carbocycles. The van der Waals surface area contributed by atoms with Gasteiger partial charge in [-0.15, -0.1) is 0 Å². The molecular weight excluding hydrogens is 376 g/mol. The van der Waals surface area contributed by atoms with Crippen LogP contribution in [0.2, 0.25) is 0 Å². The van der Waals surface area contributed by atoms with Gasteiger partial charge in [0.1, 0.15) is 11.9 Å². The molecule has 0 fully saturated rings. The number of halogens is 2. The van der Waals surface area contributed by atoms with Crippen LogP contribution in [-0.4, -0.2) is 14.9 Å². The second kappa shape index (κ2) is 6.24. The maximum Gasteiger partial charge on any atom is 0.169 e. The first-order valence-electron chi connectivity index (χ1n) is 6.24. The summed E-state index contributed by atoms with van der Waals surface area (Å²) in [5.41, 5.74) is 2.02. The first kappa shape index (κ1) is 14.8. The van der Waals surface area contributed by atoms with E-state index >= 15 is 0 Å². The molecule has 19 heavy (non-hydrogen) atoms. The van der Waals surface area contributed by atoms with Gasteiger partial charge in [0.15, 0.2) is 4.67 Å². The van der Waals surface area contributed by atoms with Crippen molar-refractivity contribution in [2.24, 2.45) is 0 Å². The number of hydrogen-bond acceptors (Lipinski definition) is 3. The molecule has 0 bridgehead atoms. The highest BCUT2D eigenvalue weighted by Gasteiger charge is 2.20. The van der Waals surface area contributed by atoms with Gasteiger partial charge in [-0.25, -0.2) is 0 Å². The van der Waals surface area contributed by atoms with E-state index in [1.807, 2.05) is 11.6 Å². The highest BCUT2D eigenvalue weighted by molar-refractivity contribution is 9.10. The third-order valence-corrected chi connectivity index (χ3v) is 4.34. The smallest absolute Gasteiger partial charge is 0.169 e. The first-order chi connectivity index (χ1) is 9.06. The Morgan fingerprint density at radius 1 is 1.37 bits per heavy atom. The number of aryl methyl sites for hydroxylation is 2. The van der Waals surface area contributed by atoms with E-state index in [-0.39, 0.29) is 0 Å². The molecule has 0 radical (unpaired) electrons. The standard InChI is InChI=1S/C13H16Br2N2O2/c1-3-8-13(15)9(17(4-2)16-8)7-10(18)11-5-6-12(14)19-11/h5-6,10,18H,3-4,7H2,1-2H3. The Morgan fingerprint density at radius 2 is 2.11 bits per heavy atom. The summed E-state index contributed by atoms with van der Waals surface area (Å²) >= 11 is 6.81. The van der Waals surface area contributed by atoms with E-state index in [4.69, 9.17) is 4.42 Å². The molecule has 0 amide bonds. The SMILES string of the molecule is CCc1nn(CC)c(CC(O)c2ccc(Br)o2)c1Br. The third kappa shape index (κ3) is 3.12. The van der Waals surface area contributed by atoms with Crippen LogP contribution in [0.5, 0.6) is 0 Å². The Labute approximate surface area is 129 Å². The Bertz CT molecular complexity index is 563. The topological polar surface area (TPSA) is 51.2 Å². The van der Waals surface area contributed by atoms with Gasteiger partial charge in [0.05, 0.1) is 15.9 Å². The molecule has 1 atom stereocenters. The van der Waals surface area contributed by atoms with Crippen LogP contribution in [0, 0.1) is 0 Å². The van der Waals surface area contributed by atoms with Crippen LogP contribution in [0.4, 0.5) is 0 Å². The minimum atomic E-state index is -0.672. The number of aromatic nitrogens is 2. The van der Waals surface area contributed by atoms with Crippen molar-refractivity contribution in [2.75, 3.05) is 0 Å². The number of furan rings is 1. The third-order valence-electron chi connectivity index (χ3n) is 3.00. The fourth-order valence-corrected chi connectivity index (χ4v) is 3.05. The summed E-state index contributed by atoms with van der Waals surface area (Å²) in [5.74, 6) is 0.556. The zero-order valence-electron chi connectivity index (χ0n) is 10.9.